The van der Waals surface area contributed by atoms with Crippen molar-refractivity contribution in [3.8, 4) is 0 Å². The summed E-state index contributed by atoms with van der Waals surface area (Å²) in [5, 5.41) is 9.99. The lowest BCUT2D eigenvalue weighted by Crippen LogP contribution is -2.32. The van der Waals surface area contributed by atoms with Crippen LogP contribution < -0.4 is 0 Å². The first-order chi connectivity index (χ1) is 16.0. The van der Waals surface area contributed by atoms with Gasteiger partial charge in [-0.05, 0) is 47.1 Å². The molecule has 34 heavy (non-hydrogen) atoms. The molecule has 3 nitrogen and oxygen atoms in total. The van der Waals surface area contributed by atoms with Crippen molar-refractivity contribution in [1.82, 2.24) is 0 Å². The number of aliphatic hydroxyl groups is 1. The van der Waals surface area contributed by atoms with Crippen LogP contribution in [0.4, 0.5) is 0 Å². The van der Waals surface area contributed by atoms with E-state index in [1.54, 1.807) is 0 Å². The molecule has 0 amide bonds. The molecule has 2 saturated carbocycles. The number of fused-ring (bicyclic) bond motifs is 2. The average Bonchev–Trinajstić information content (AvgIpc) is 3.13. The highest BCUT2D eigenvalue weighted by molar-refractivity contribution is 5.89. The summed E-state index contributed by atoms with van der Waals surface area (Å²) in [6.07, 6.45) is 2.74. The molecule has 2 aliphatic carbocycles. The molecule has 0 aliphatic heterocycles. The largest absolute Gasteiger partial charge is 0.384 e. The third-order valence-corrected chi connectivity index (χ3v) is 7.62. The molecule has 4 rings (SSSR count). The van der Waals surface area contributed by atoms with Crippen LogP contribution in [0.2, 0.25) is 0 Å². The fraction of sp³-hybridized carbons (Fsp3) is 0.581. The Morgan fingerprint density at radius 3 is 1.56 bits per heavy atom. The maximum Gasteiger partial charge on any atom is 0.139 e. The minimum Gasteiger partial charge on any atom is -0.384 e. The smallest absolute Gasteiger partial charge is 0.139 e. The standard InChI is InChI=1S/C13H12O.C10H16O.C8H18O/c14-13(11-7-3-1-4-8-11)12-9-5-2-6-10-12;1-9(2)7-4-5-10(9,3)8(11)6-7;1-7(2)5-9-6-8(3)4/h1-10,13-14H;7H,4-6H2,1-3H3;7-8H,5-6H2,1-4H3. The molecule has 2 atom stereocenters. The molecule has 3 heteroatoms. The molecule has 2 bridgehead atoms. The van der Waals surface area contributed by atoms with Crippen molar-refractivity contribution >= 4 is 5.78 Å². The summed E-state index contributed by atoms with van der Waals surface area (Å²) in [6.45, 7) is 17.1. The van der Waals surface area contributed by atoms with Gasteiger partial charge in [0, 0.05) is 25.0 Å². The lowest BCUT2D eigenvalue weighted by Gasteiger charge is -2.32. The number of aliphatic hydroxyl groups excluding tert-OH is 1. The molecular formula is C31H46O3. The predicted octanol–water partition coefficient (Wildman–Crippen LogP) is 7.49. The summed E-state index contributed by atoms with van der Waals surface area (Å²) in [5.74, 6) is 2.53. The van der Waals surface area contributed by atoms with Crippen LogP contribution >= 0.6 is 0 Å². The molecule has 0 radical (unpaired) electrons. The van der Waals surface area contributed by atoms with Gasteiger partial charge in [-0.2, -0.15) is 0 Å². The van der Waals surface area contributed by atoms with Gasteiger partial charge in [0.1, 0.15) is 11.9 Å². The predicted molar refractivity (Wildman–Crippen MR) is 142 cm³/mol. The summed E-state index contributed by atoms with van der Waals surface area (Å²) < 4.78 is 5.36. The number of hydrogen-bond donors (Lipinski definition) is 1. The van der Waals surface area contributed by atoms with Gasteiger partial charge < -0.3 is 9.84 Å². The first kappa shape index (κ1) is 28.3. The Kier molecular flexibility index (Phi) is 10.5. The van der Waals surface area contributed by atoms with Crippen LogP contribution in [0.3, 0.4) is 0 Å². The Morgan fingerprint density at radius 2 is 1.29 bits per heavy atom. The third-order valence-electron chi connectivity index (χ3n) is 7.62. The molecule has 188 valence electrons. The van der Waals surface area contributed by atoms with Crippen molar-refractivity contribution in [3.05, 3.63) is 71.8 Å². The molecule has 0 aromatic heterocycles. The molecule has 0 heterocycles. The number of hydrogen-bond acceptors (Lipinski definition) is 3. The number of benzene rings is 2. The van der Waals surface area contributed by atoms with Crippen LogP contribution in [0, 0.1) is 28.6 Å². The Labute approximate surface area is 207 Å². The summed E-state index contributed by atoms with van der Waals surface area (Å²) in [7, 11) is 0. The van der Waals surface area contributed by atoms with E-state index >= 15 is 0 Å². The SMILES string of the molecule is CC(C)COCC(C)C.CC12CCC(CC1=O)C2(C)C.OC(c1ccccc1)c1ccccc1. The Balaban J connectivity index is 0.000000186. The van der Waals surface area contributed by atoms with Crippen molar-refractivity contribution in [1.29, 1.82) is 0 Å². The highest BCUT2D eigenvalue weighted by Crippen LogP contribution is 2.63. The van der Waals surface area contributed by atoms with E-state index in [0.29, 0.717) is 23.5 Å². The first-order valence-corrected chi connectivity index (χ1v) is 12.9. The van der Waals surface area contributed by atoms with Crippen LogP contribution in [-0.4, -0.2) is 24.1 Å². The summed E-state index contributed by atoms with van der Waals surface area (Å²) >= 11 is 0. The zero-order chi connectivity index (χ0) is 25.4. The second kappa shape index (κ2) is 12.7. The Hall–Kier alpha value is -1.97. The average molecular weight is 467 g/mol. The summed E-state index contributed by atoms with van der Waals surface area (Å²) in [4.78, 5) is 11.6. The number of carbonyl (C=O) groups excluding carboxylic acids is 1. The van der Waals surface area contributed by atoms with Gasteiger partial charge in [-0.15, -0.1) is 0 Å². The number of Topliss-reactive ketones (excluding diaryl/α,β-unsaturated/α-hetero) is 1. The van der Waals surface area contributed by atoms with E-state index in [0.717, 1.165) is 37.2 Å². The maximum absolute atomic E-state index is 11.6. The van der Waals surface area contributed by atoms with E-state index in [2.05, 4.69) is 48.5 Å². The lowest BCUT2D eigenvalue weighted by molar-refractivity contribution is -0.128. The Morgan fingerprint density at radius 1 is 0.853 bits per heavy atom. The quantitative estimate of drug-likeness (QED) is 0.480. The Bertz CT molecular complexity index is 809. The second-order valence-electron chi connectivity index (χ2n) is 11.5. The van der Waals surface area contributed by atoms with E-state index in [4.69, 9.17) is 4.74 Å². The number of ketones is 1. The van der Waals surface area contributed by atoms with E-state index in [9.17, 15) is 9.90 Å². The van der Waals surface area contributed by atoms with Crippen LogP contribution in [0.25, 0.3) is 0 Å². The van der Waals surface area contributed by atoms with Crippen LogP contribution in [-0.2, 0) is 9.53 Å². The van der Waals surface area contributed by atoms with Gasteiger partial charge in [0.25, 0.3) is 0 Å². The molecule has 0 spiro atoms. The molecule has 2 aliphatic rings. The van der Waals surface area contributed by atoms with Gasteiger partial charge in [0.2, 0.25) is 0 Å². The van der Waals surface area contributed by atoms with E-state index in [1.807, 2.05) is 60.7 Å². The van der Waals surface area contributed by atoms with Gasteiger partial charge in [-0.3, -0.25) is 4.79 Å². The molecule has 2 unspecified atom stereocenters. The molecule has 2 aromatic carbocycles. The van der Waals surface area contributed by atoms with Crippen molar-refractivity contribution in [2.75, 3.05) is 13.2 Å². The van der Waals surface area contributed by atoms with E-state index in [-0.39, 0.29) is 10.8 Å². The summed E-state index contributed by atoms with van der Waals surface area (Å²) in [6, 6.07) is 19.3. The minimum atomic E-state index is -0.516. The number of carbonyl (C=O) groups is 1. The third kappa shape index (κ3) is 7.26. The van der Waals surface area contributed by atoms with Gasteiger partial charge in [0.05, 0.1) is 0 Å². The lowest BCUT2D eigenvalue weighted by atomic mass is 9.70. The molecule has 0 saturated heterocycles. The summed E-state index contributed by atoms with van der Waals surface area (Å²) in [5.41, 5.74) is 2.17. The minimum absolute atomic E-state index is 0.0255. The second-order valence-corrected chi connectivity index (χ2v) is 11.5. The molecule has 1 N–H and O–H groups in total. The van der Waals surface area contributed by atoms with Crippen LogP contribution in [0.5, 0.6) is 0 Å². The zero-order valence-corrected chi connectivity index (χ0v) is 22.4. The van der Waals surface area contributed by atoms with E-state index in [1.165, 1.54) is 6.42 Å². The normalized spacial score (nSPS) is 22.4. The fourth-order valence-electron chi connectivity index (χ4n) is 4.90. The van der Waals surface area contributed by atoms with Gasteiger partial charge in [0.15, 0.2) is 0 Å². The molecule has 2 fully saturated rings. The monoisotopic (exact) mass is 466 g/mol. The van der Waals surface area contributed by atoms with Gasteiger partial charge >= 0.3 is 0 Å². The van der Waals surface area contributed by atoms with Crippen LogP contribution in [0.15, 0.2) is 60.7 Å². The van der Waals surface area contributed by atoms with Crippen molar-refractivity contribution in [3.63, 3.8) is 0 Å². The molecular weight excluding hydrogens is 420 g/mol. The van der Waals surface area contributed by atoms with E-state index < -0.39 is 6.10 Å². The van der Waals surface area contributed by atoms with Crippen molar-refractivity contribution in [2.45, 2.75) is 73.8 Å². The van der Waals surface area contributed by atoms with Gasteiger partial charge in [-0.25, -0.2) is 0 Å². The van der Waals surface area contributed by atoms with Crippen LogP contribution in [0.1, 0.15) is 85.0 Å². The number of rotatable bonds is 6. The van der Waals surface area contributed by atoms with Crippen molar-refractivity contribution in [2.24, 2.45) is 28.6 Å². The molecule has 2 aromatic rings. The fourth-order valence-corrected chi connectivity index (χ4v) is 4.90. The zero-order valence-electron chi connectivity index (χ0n) is 22.4. The number of ether oxygens (including phenoxy) is 1. The highest BCUT2D eigenvalue weighted by Gasteiger charge is 2.61. The van der Waals surface area contributed by atoms with Gasteiger partial charge in [-0.1, -0.05) is 109 Å². The first-order valence-electron chi connectivity index (χ1n) is 12.9. The topological polar surface area (TPSA) is 46.5 Å². The maximum atomic E-state index is 11.6. The highest BCUT2D eigenvalue weighted by atomic mass is 16.5. The van der Waals surface area contributed by atoms with Crippen molar-refractivity contribution < 1.29 is 14.6 Å².